The highest BCUT2D eigenvalue weighted by Gasteiger charge is 2.20. The van der Waals surface area contributed by atoms with Crippen molar-refractivity contribution < 1.29 is 5.11 Å². The second-order valence-electron chi connectivity index (χ2n) is 6.45. The first-order valence-corrected chi connectivity index (χ1v) is 6.30. The van der Waals surface area contributed by atoms with E-state index in [1.54, 1.807) is 0 Å². The Morgan fingerprint density at radius 2 is 1.62 bits per heavy atom. The van der Waals surface area contributed by atoms with E-state index in [0.29, 0.717) is 12.5 Å². The Balaban J connectivity index is 3.58. The fourth-order valence-electron chi connectivity index (χ4n) is 1.84. The number of rotatable bonds is 7. The Bertz CT molecular complexity index is 183. The van der Waals surface area contributed by atoms with Crippen molar-refractivity contribution in [1.29, 1.82) is 0 Å². The fraction of sp³-hybridized carbons (Fsp3) is 1.00. The van der Waals surface area contributed by atoms with Gasteiger partial charge in [-0.05, 0) is 40.0 Å². The normalized spacial score (nSPS) is 16.5. The minimum absolute atomic E-state index is 0.169. The molecule has 98 valence electrons. The maximum absolute atomic E-state index is 10.1. The standard InChI is InChI=1S/C13H30N2O/c1-11(2)9-13(6,16)10-14-7-8-15-12(3,4)5/h11,14-16H,7-10H2,1-6H3. The van der Waals surface area contributed by atoms with Crippen LogP contribution < -0.4 is 10.6 Å². The Morgan fingerprint density at radius 3 is 2.06 bits per heavy atom. The molecule has 0 aliphatic carbocycles. The van der Waals surface area contributed by atoms with Crippen LogP contribution in [0.15, 0.2) is 0 Å². The van der Waals surface area contributed by atoms with Gasteiger partial charge in [-0.2, -0.15) is 0 Å². The molecule has 0 bridgehead atoms. The zero-order valence-electron chi connectivity index (χ0n) is 11.9. The third-order valence-electron chi connectivity index (χ3n) is 2.31. The average Bonchev–Trinajstić information content (AvgIpc) is 1.98. The smallest absolute Gasteiger partial charge is 0.0746 e. The van der Waals surface area contributed by atoms with Crippen LogP contribution in [-0.2, 0) is 0 Å². The first-order valence-electron chi connectivity index (χ1n) is 6.30. The molecule has 16 heavy (non-hydrogen) atoms. The molecule has 0 aliphatic heterocycles. The van der Waals surface area contributed by atoms with Gasteiger partial charge in [0.25, 0.3) is 0 Å². The molecule has 0 amide bonds. The fourth-order valence-corrected chi connectivity index (χ4v) is 1.84. The van der Waals surface area contributed by atoms with Crippen LogP contribution in [0.2, 0.25) is 0 Å². The number of hydrogen-bond donors (Lipinski definition) is 3. The lowest BCUT2D eigenvalue weighted by atomic mass is 9.94. The van der Waals surface area contributed by atoms with Crippen LogP contribution in [0, 0.1) is 5.92 Å². The van der Waals surface area contributed by atoms with Gasteiger partial charge in [-0.3, -0.25) is 0 Å². The second kappa shape index (κ2) is 6.58. The second-order valence-corrected chi connectivity index (χ2v) is 6.45. The van der Waals surface area contributed by atoms with Crippen molar-refractivity contribution in [3.8, 4) is 0 Å². The van der Waals surface area contributed by atoms with Gasteiger partial charge in [-0.25, -0.2) is 0 Å². The topological polar surface area (TPSA) is 44.3 Å². The van der Waals surface area contributed by atoms with E-state index in [4.69, 9.17) is 0 Å². The summed E-state index contributed by atoms with van der Waals surface area (Å²) in [6, 6.07) is 0. The Morgan fingerprint density at radius 1 is 1.06 bits per heavy atom. The zero-order valence-corrected chi connectivity index (χ0v) is 11.9. The molecule has 3 N–H and O–H groups in total. The van der Waals surface area contributed by atoms with Gasteiger partial charge >= 0.3 is 0 Å². The van der Waals surface area contributed by atoms with Crippen LogP contribution in [0.5, 0.6) is 0 Å². The van der Waals surface area contributed by atoms with Crippen molar-refractivity contribution in [3.63, 3.8) is 0 Å². The quantitative estimate of drug-likeness (QED) is 0.584. The van der Waals surface area contributed by atoms with Crippen molar-refractivity contribution in [2.75, 3.05) is 19.6 Å². The highest BCUT2D eigenvalue weighted by Crippen LogP contribution is 2.14. The van der Waals surface area contributed by atoms with Gasteiger partial charge in [-0.1, -0.05) is 13.8 Å². The van der Waals surface area contributed by atoms with E-state index in [0.717, 1.165) is 19.5 Å². The Kier molecular flexibility index (Phi) is 6.53. The van der Waals surface area contributed by atoms with E-state index in [2.05, 4.69) is 45.3 Å². The molecule has 0 saturated carbocycles. The van der Waals surface area contributed by atoms with Crippen LogP contribution in [0.1, 0.15) is 48.0 Å². The maximum Gasteiger partial charge on any atom is 0.0746 e. The summed E-state index contributed by atoms with van der Waals surface area (Å²) in [7, 11) is 0. The average molecular weight is 230 g/mol. The Hall–Kier alpha value is -0.120. The summed E-state index contributed by atoms with van der Waals surface area (Å²) in [5.41, 5.74) is -0.419. The van der Waals surface area contributed by atoms with E-state index in [-0.39, 0.29) is 5.54 Å². The third kappa shape index (κ3) is 10.4. The molecule has 0 heterocycles. The van der Waals surface area contributed by atoms with Crippen molar-refractivity contribution in [1.82, 2.24) is 10.6 Å². The van der Waals surface area contributed by atoms with Crippen LogP contribution in [0.3, 0.4) is 0 Å². The van der Waals surface area contributed by atoms with E-state index < -0.39 is 5.60 Å². The minimum atomic E-state index is -0.587. The number of aliphatic hydroxyl groups is 1. The molecule has 0 fully saturated rings. The predicted molar refractivity (Wildman–Crippen MR) is 70.7 cm³/mol. The van der Waals surface area contributed by atoms with E-state index in [1.807, 2.05) is 6.92 Å². The van der Waals surface area contributed by atoms with Gasteiger partial charge in [-0.15, -0.1) is 0 Å². The minimum Gasteiger partial charge on any atom is -0.389 e. The Labute approximate surface area is 101 Å². The summed E-state index contributed by atoms with van der Waals surface area (Å²) in [5, 5.41) is 16.8. The summed E-state index contributed by atoms with van der Waals surface area (Å²) < 4.78 is 0. The van der Waals surface area contributed by atoms with Crippen molar-refractivity contribution >= 4 is 0 Å². The van der Waals surface area contributed by atoms with Gasteiger partial charge in [0.15, 0.2) is 0 Å². The van der Waals surface area contributed by atoms with Crippen LogP contribution >= 0.6 is 0 Å². The molecule has 0 aromatic rings. The number of nitrogens with one attached hydrogen (secondary N) is 2. The molecule has 0 aromatic carbocycles. The molecule has 0 radical (unpaired) electrons. The first-order chi connectivity index (χ1) is 7.12. The molecule has 0 saturated heterocycles. The summed E-state index contributed by atoms with van der Waals surface area (Å²) in [5.74, 6) is 0.532. The maximum atomic E-state index is 10.1. The van der Waals surface area contributed by atoms with Gasteiger partial charge in [0.2, 0.25) is 0 Å². The first kappa shape index (κ1) is 15.9. The summed E-state index contributed by atoms with van der Waals surface area (Å²) in [6.45, 7) is 15.1. The molecule has 1 unspecified atom stereocenters. The molecule has 0 spiro atoms. The lowest BCUT2D eigenvalue weighted by molar-refractivity contribution is 0.0388. The van der Waals surface area contributed by atoms with Gasteiger partial charge < -0.3 is 15.7 Å². The molecular weight excluding hydrogens is 200 g/mol. The summed E-state index contributed by atoms with van der Waals surface area (Å²) in [4.78, 5) is 0. The molecule has 0 rings (SSSR count). The molecular formula is C13H30N2O. The summed E-state index contributed by atoms with van der Waals surface area (Å²) >= 11 is 0. The molecule has 1 atom stereocenters. The van der Waals surface area contributed by atoms with Crippen molar-refractivity contribution in [2.24, 2.45) is 5.92 Å². The molecule has 0 aromatic heterocycles. The van der Waals surface area contributed by atoms with Crippen LogP contribution in [0.4, 0.5) is 0 Å². The largest absolute Gasteiger partial charge is 0.389 e. The van der Waals surface area contributed by atoms with Crippen molar-refractivity contribution in [2.45, 2.75) is 59.1 Å². The summed E-state index contributed by atoms with van der Waals surface area (Å²) in [6.07, 6.45) is 0.840. The van der Waals surface area contributed by atoms with Crippen LogP contribution in [0.25, 0.3) is 0 Å². The molecule has 3 nitrogen and oxygen atoms in total. The molecule has 0 aliphatic rings. The van der Waals surface area contributed by atoms with Gasteiger partial charge in [0.05, 0.1) is 5.60 Å². The van der Waals surface area contributed by atoms with Crippen molar-refractivity contribution in [3.05, 3.63) is 0 Å². The lowest BCUT2D eigenvalue weighted by Crippen LogP contribution is -2.44. The highest BCUT2D eigenvalue weighted by atomic mass is 16.3. The predicted octanol–water partition coefficient (Wildman–Crippen LogP) is 1.76. The van der Waals surface area contributed by atoms with E-state index in [1.165, 1.54) is 0 Å². The monoisotopic (exact) mass is 230 g/mol. The SMILES string of the molecule is CC(C)CC(C)(O)CNCCNC(C)(C)C. The lowest BCUT2D eigenvalue weighted by Gasteiger charge is -2.26. The van der Waals surface area contributed by atoms with Gasteiger partial charge in [0, 0.05) is 25.2 Å². The van der Waals surface area contributed by atoms with E-state index >= 15 is 0 Å². The third-order valence-corrected chi connectivity index (χ3v) is 2.31. The van der Waals surface area contributed by atoms with Gasteiger partial charge in [0.1, 0.15) is 0 Å². The number of hydrogen-bond acceptors (Lipinski definition) is 3. The highest BCUT2D eigenvalue weighted by molar-refractivity contribution is 4.77. The van der Waals surface area contributed by atoms with Crippen LogP contribution in [-0.4, -0.2) is 35.9 Å². The van der Waals surface area contributed by atoms with E-state index in [9.17, 15) is 5.11 Å². The zero-order chi connectivity index (χ0) is 12.8. The molecule has 3 heteroatoms.